The predicted octanol–water partition coefficient (Wildman–Crippen LogP) is 9.56. The minimum Gasteiger partial charge on any atom is -0.490 e. The lowest BCUT2D eigenvalue weighted by Crippen LogP contribution is -2.41. The van der Waals surface area contributed by atoms with Gasteiger partial charge in [-0.25, -0.2) is 0 Å². The Morgan fingerprint density at radius 1 is 0.950 bits per heavy atom. The SMILES string of the molecule is CCOc1cc(C=C2SC(=NC3CCCCC3)N(C3CCCCC3)C2=O)cc(Cl)c1OCc1ccc(Cl)cc1Cl. The van der Waals surface area contributed by atoms with Crippen molar-refractivity contribution in [2.45, 2.75) is 89.8 Å². The zero-order valence-corrected chi connectivity index (χ0v) is 25.8. The van der Waals surface area contributed by atoms with Crippen LogP contribution in [0.15, 0.2) is 40.2 Å². The Morgan fingerprint density at radius 2 is 1.68 bits per heavy atom. The van der Waals surface area contributed by atoms with Gasteiger partial charge in [0, 0.05) is 21.7 Å². The molecule has 0 bridgehead atoms. The largest absolute Gasteiger partial charge is 0.490 e. The van der Waals surface area contributed by atoms with Gasteiger partial charge in [0.2, 0.25) is 0 Å². The number of carbonyl (C=O) groups is 1. The van der Waals surface area contributed by atoms with Crippen LogP contribution in [0.25, 0.3) is 6.08 Å². The van der Waals surface area contributed by atoms with Crippen LogP contribution in [0, 0.1) is 0 Å². The summed E-state index contributed by atoms with van der Waals surface area (Å²) < 4.78 is 12.0. The van der Waals surface area contributed by atoms with E-state index >= 15 is 0 Å². The minimum absolute atomic E-state index is 0.0400. The summed E-state index contributed by atoms with van der Waals surface area (Å²) in [5, 5.41) is 2.35. The van der Waals surface area contributed by atoms with Gasteiger partial charge in [0.1, 0.15) is 6.61 Å². The van der Waals surface area contributed by atoms with Gasteiger partial charge in [0.05, 0.1) is 22.6 Å². The Hall–Kier alpha value is -1.86. The molecule has 0 unspecified atom stereocenters. The van der Waals surface area contributed by atoms with E-state index < -0.39 is 0 Å². The van der Waals surface area contributed by atoms with Crippen LogP contribution in [0.4, 0.5) is 0 Å². The summed E-state index contributed by atoms with van der Waals surface area (Å²) in [6.45, 7) is 2.56. The number of ether oxygens (including phenoxy) is 2. The summed E-state index contributed by atoms with van der Waals surface area (Å²) in [6, 6.07) is 9.48. The number of amides is 1. The molecule has 1 saturated heterocycles. The molecule has 1 amide bonds. The van der Waals surface area contributed by atoms with Gasteiger partial charge in [-0.2, -0.15) is 0 Å². The van der Waals surface area contributed by atoms with Crippen molar-refractivity contribution in [2.24, 2.45) is 4.99 Å². The molecule has 0 radical (unpaired) electrons. The molecule has 5 nitrogen and oxygen atoms in total. The molecule has 0 atom stereocenters. The lowest BCUT2D eigenvalue weighted by Gasteiger charge is -2.31. The fourth-order valence-electron chi connectivity index (χ4n) is 5.62. The van der Waals surface area contributed by atoms with E-state index in [2.05, 4.69) is 0 Å². The fraction of sp³-hybridized carbons (Fsp3) is 0.484. The monoisotopic (exact) mass is 620 g/mol. The van der Waals surface area contributed by atoms with Crippen LogP contribution in [0.3, 0.4) is 0 Å². The molecule has 3 fully saturated rings. The molecular formula is C31H35Cl3N2O3S. The average Bonchev–Trinajstić information content (AvgIpc) is 3.24. The number of thioether (sulfide) groups is 1. The van der Waals surface area contributed by atoms with Gasteiger partial charge in [-0.15, -0.1) is 0 Å². The third-order valence-corrected chi connectivity index (χ3v) is 9.53. The molecule has 9 heteroatoms. The van der Waals surface area contributed by atoms with E-state index in [1.807, 2.05) is 36.1 Å². The molecule has 1 aliphatic heterocycles. The average molecular weight is 622 g/mol. The predicted molar refractivity (Wildman–Crippen MR) is 167 cm³/mol. The van der Waals surface area contributed by atoms with Gasteiger partial charge in [0.15, 0.2) is 16.7 Å². The second-order valence-electron chi connectivity index (χ2n) is 10.6. The van der Waals surface area contributed by atoms with Crippen molar-refractivity contribution < 1.29 is 14.3 Å². The van der Waals surface area contributed by atoms with Crippen molar-refractivity contribution in [3.8, 4) is 11.5 Å². The highest BCUT2D eigenvalue weighted by Crippen LogP contribution is 2.42. The first kappa shape index (κ1) is 29.6. The molecule has 214 valence electrons. The van der Waals surface area contributed by atoms with Crippen molar-refractivity contribution in [2.75, 3.05) is 6.61 Å². The zero-order chi connectivity index (χ0) is 28.1. The van der Waals surface area contributed by atoms with E-state index in [0.717, 1.165) is 54.8 Å². The Balaban J connectivity index is 1.41. The van der Waals surface area contributed by atoms with Crippen LogP contribution in [0.2, 0.25) is 15.1 Å². The van der Waals surface area contributed by atoms with Gasteiger partial charge in [-0.05, 0) is 80.3 Å². The number of hydrogen-bond acceptors (Lipinski definition) is 5. The van der Waals surface area contributed by atoms with E-state index in [-0.39, 0.29) is 18.6 Å². The molecular weight excluding hydrogens is 587 g/mol. The van der Waals surface area contributed by atoms with Crippen molar-refractivity contribution in [3.05, 3.63) is 61.4 Å². The number of aliphatic imine (C=N–C) groups is 1. The maximum absolute atomic E-state index is 13.8. The topological polar surface area (TPSA) is 51.1 Å². The standard InChI is InChI=1S/C31H35Cl3N2O3S/c1-2-38-27-16-20(15-26(34)29(27)39-19-21-13-14-22(32)18-25(21)33)17-28-30(37)36(24-11-7-4-8-12-24)31(40-28)35-23-9-5-3-6-10-23/h13-18,23-24H,2-12,19H2,1H3. The highest BCUT2D eigenvalue weighted by atomic mass is 35.5. The number of hydrogen-bond donors (Lipinski definition) is 0. The molecule has 1 heterocycles. The van der Waals surface area contributed by atoms with E-state index in [4.69, 9.17) is 49.3 Å². The molecule has 0 N–H and O–H groups in total. The molecule has 5 rings (SSSR count). The highest BCUT2D eigenvalue weighted by molar-refractivity contribution is 8.18. The number of halogens is 3. The second-order valence-corrected chi connectivity index (χ2v) is 12.8. The first-order valence-corrected chi connectivity index (χ1v) is 16.2. The third kappa shape index (κ3) is 7.13. The molecule has 40 heavy (non-hydrogen) atoms. The van der Waals surface area contributed by atoms with Crippen LogP contribution < -0.4 is 9.47 Å². The number of rotatable bonds is 8. The van der Waals surface area contributed by atoms with E-state index in [9.17, 15) is 4.79 Å². The molecule has 2 aromatic rings. The molecule has 3 aliphatic rings. The van der Waals surface area contributed by atoms with E-state index in [0.29, 0.717) is 44.1 Å². The Labute approximate surface area is 256 Å². The normalized spacial score (nSPS) is 21.0. The molecule has 0 aromatic heterocycles. The molecule has 2 saturated carbocycles. The van der Waals surface area contributed by atoms with Crippen LogP contribution in [-0.2, 0) is 11.4 Å². The molecule has 2 aromatic carbocycles. The Kier molecular flexibility index (Phi) is 10.3. The maximum Gasteiger partial charge on any atom is 0.266 e. The van der Waals surface area contributed by atoms with Crippen molar-refractivity contribution >= 4 is 63.7 Å². The lowest BCUT2D eigenvalue weighted by molar-refractivity contribution is -0.124. The highest BCUT2D eigenvalue weighted by Gasteiger charge is 2.39. The Bertz CT molecular complexity index is 1290. The summed E-state index contributed by atoms with van der Waals surface area (Å²) in [7, 11) is 0. The van der Waals surface area contributed by atoms with Gasteiger partial charge in [0.25, 0.3) is 5.91 Å². The van der Waals surface area contributed by atoms with Crippen LogP contribution >= 0.6 is 46.6 Å². The van der Waals surface area contributed by atoms with Gasteiger partial charge in [-0.3, -0.25) is 14.7 Å². The summed E-state index contributed by atoms with van der Waals surface area (Å²) in [4.78, 5) is 21.6. The van der Waals surface area contributed by atoms with Crippen molar-refractivity contribution in [1.29, 1.82) is 0 Å². The van der Waals surface area contributed by atoms with Crippen LogP contribution in [-0.4, -0.2) is 34.7 Å². The minimum atomic E-state index is 0.0400. The number of nitrogens with zero attached hydrogens (tertiary/aromatic N) is 2. The van der Waals surface area contributed by atoms with Gasteiger partial charge < -0.3 is 9.47 Å². The van der Waals surface area contributed by atoms with Gasteiger partial charge >= 0.3 is 0 Å². The molecule has 2 aliphatic carbocycles. The smallest absolute Gasteiger partial charge is 0.266 e. The zero-order valence-electron chi connectivity index (χ0n) is 22.8. The van der Waals surface area contributed by atoms with Crippen molar-refractivity contribution in [3.63, 3.8) is 0 Å². The van der Waals surface area contributed by atoms with Crippen LogP contribution in [0.1, 0.15) is 82.3 Å². The van der Waals surface area contributed by atoms with Gasteiger partial charge in [-0.1, -0.05) is 79.4 Å². The number of carbonyl (C=O) groups excluding carboxylic acids is 1. The van der Waals surface area contributed by atoms with Crippen LogP contribution in [0.5, 0.6) is 11.5 Å². The summed E-state index contributed by atoms with van der Waals surface area (Å²) in [6.07, 6.45) is 13.4. The quantitative estimate of drug-likeness (QED) is 0.276. The third-order valence-electron chi connectivity index (χ3n) is 7.66. The lowest BCUT2D eigenvalue weighted by atomic mass is 9.94. The first-order chi connectivity index (χ1) is 19.4. The number of amidine groups is 1. The fourth-order valence-corrected chi connectivity index (χ4v) is 7.46. The Morgan fingerprint density at radius 3 is 2.38 bits per heavy atom. The van der Waals surface area contributed by atoms with Crippen molar-refractivity contribution in [1.82, 2.24) is 4.90 Å². The first-order valence-electron chi connectivity index (χ1n) is 14.3. The van der Waals surface area contributed by atoms with E-state index in [1.54, 1.807) is 12.1 Å². The number of benzene rings is 2. The summed E-state index contributed by atoms with van der Waals surface area (Å²) in [5.74, 6) is 0.992. The summed E-state index contributed by atoms with van der Waals surface area (Å²) >= 11 is 20.6. The van der Waals surface area contributed by atoms with E-state index in [1.165, 1.54) is 37.4 Å². The molecule has 0 spiro atoms. The second kappa shape index (κ2) is 13.9. The summed E-state index contributed by atoms with van der Waals surface area (Å²) in [5.41, 5.74) is 1.57. The maximum atomic E-state index is 13.8.